The molecular formula is C18H13F4N3O. The quantitative estimate of drug-likeness (QED) is 0.712. The molecule has 0 spiro atoms. The van der Waals surface area contributed by atoms with Crippen LogP contribution in [0.3, 0.4) is 0 Å². The predicted octanol–water partition coefficient (Wildman–Crippen LogP) is 4.10. The molecule has 4 nitrogen and oxygen atoms in total. The van der Waals surface area contributed by atoms with Crippen LogP contribution in [0.5, 0.6) is 0 Å². The first-order valence-electron chi connectivity index (χ1n) is 7.51. The number of hydrogen-bond donors (Lipinski definition) is 1. The van der Waals surface area contributed by atoms with E-state index < -0.39 is 29.0 Å². The lowest BCUT2D eigenvalue weighted by atomic mass is 9.98. The molecule has 8 heteroatoms. The standard InChI is InChI=1S/C18H13F4N3O/c1-10-8-15(17(23)26)24-25(10)12-5-2-4-11(9-12)16-13(18(20,21)22)6-3-7-14(16)19/h2-9H,1H3,(H2,23,26). The summed E-state index contributed by atoms with van der Waals surface area (Å²) in [7, 11) is 0. The first kappa shape index (κ1) is 17.7. The highest BCUT2D eigenvalue weighted by atomic mass is 19.4. The number of aromatic nitrogens is 2. The molecule has 1 aromatic heterocycles. The molecule has 0 atom stereocenters. The zero-order chi connectivity index (χ0) is 19.1. The van der Waals surface area contributed by atoms with Crippen LogP contribution in [0.4, 0.5) is 17.6 Å². The largest absolute Gasteiger partial charge is 0.417 e. The van der Waals surface area contributed by atoms with E-state index in [1.165, 1.54) is 28.9 Å². The third-order valence-electron chi connectivity index (χ3n) is 3.84. The van der Waals surface area contributed by atoms with E-state index in [0.29, 0.717) is 11.4 Å². The minimum atomic E-state index is -4.70. The lowest BCUT2D eigenvalue weighted by Gasteiger charge is -2.15. The summed E-state index contributed by atoms with van der Waals surface area (Å²) in [6, 6.07) is 10.1. The molecule has 0 unspecified atom stereocenters. The topological polar surface area (TPSA) is 60.9 Å². The third-order valence-corrected chi connectivity index (χ3v) is 3.84. The molecule has 0 fully saturated rings. The summed E-state index contributed by atoms with van der Waals surface area (Å²) in [5, 5.41) is 4.03. The van der Waals surface area contributed by atoms with Crippen LogP contribution in [0.2, 0.25) is 0 Å². The number of rotatable bonds is 3. The van der Waals surface area contributed by atoms with Gasteiger partial charge in [-0.05, 0) is 42.8 Å². The molecule has 3 aromatic rings. The lowest BCUT2D eigenvalue weighted by molar-refractivity contribution is -0.137. The number of nitrogens with zero attached hydrogens (tertiary/aromatic N) is 2. The van der Waals surface area contributed by atoms with E-state index in [1.54, 1.807) is 13.0 Å². The van der Waals surface area contributed by atoms with Gasteiger partial charge in [0.25, 0.3) is 5.91 Å². The van der Waals surface area contributed by atoms with Gasteiger partial charge >= 0.3 is 6.18 Å². The highest BCUT2D eigenvalue weighted by Gasteiger charge is 2.35. The number of amides is 1. The Hall–Kier alpha value is -3.16. The van der Waals surface area contributed by atoms with Crippen molar-refractivity contribution in [2.24, 2.45) is 5.73 Å². The number of carbonyl (C=O) groups is 1. The number of halogens is 4. The maximum Gasteiger partial charge on any atom is 0.417 e. The number of hydrogen-bond acceptors (Lipinski definition) is 2. The highest BCUT2D eigenvalue weighted by Crippen LogP contribution is 2.38. The number of aryl methyl sites for hydroxylation is 1. The zero-order valence-electron chi connectivity index (χ0n) is 13.5. The van der Waals surface area contributed by atoms with Gasteiger partial charge in [-0.25, -0.2) is 9.07 Å². The molecule has 0 aliphatic heterocycles. The fourth-order valence-corrected chi connectivity index (χ4v) is 2.70. The Labute approximate surface area is 145 Å². The van der Waals surface area contributed by atoms with Gasteiger partial charge in [-0.2, -0.15) is 18.3 Å². The monoisotopic (exact) mass is 363 g/mol. The van der Waals surface area contributed by atoms with Crippen molar-refractivity contribution in [2.45, 2.75) is 13.1 Å². The smallest absolute Gasteiger partial charge is 0.364 e. The number of alkyl halides is 3. The minimum absolute atomic E-state index is 0.0229. The minimum Gasteiger partial charge on any atom is -0.364 e. The Kier molecular flexibility index (Phi) is 4.27. The number of primary amides is 1. The normalized spacial score (nSPS) is 11.6. The Balaban J connectivity index is 2.17. The molecule has 1 amide bonds. The van der Waals surface area contributed by atoms with Crippen molar-refractivity contribution in [1.82, 2.24) is 9.78 Å². The van der Waals surface area contributed by atoms with Gasteiger partial charge in [-0.1, -0.05) is 18.2 Å². The van der Waals surface area contributed by atoms with Gasteiger partial charge in [-0.15, -0.1) is 0 Å². The zero-order valence-corrected chi connectivity index (χ0v) is 13.5. The Morgan fingerprint density at radius 1 is 1.12 bits per heavy atom. The van der Waals surface area contributed by atoms with E-state index in [4.69, 9.17) is 5.73 Å². The van der Waals surface area contributed by atoms with E-state index in [-0.39, 0.29) is 11.3 Å². The Bertz CT molecular complexity index is 992. The summed E-state index contributed by atoms with van der Waals surface area (Å²) in [4.78, 5) is 11.3. The SMILES string of the molecule is Cc1cc(C(N)=O)nn1-c1cccc(-c2c(F)cccc2C(F)(F)F)c1. The predicted molar refractivity (Wildman–Crippen MR) is 87.2 cm³/mol. The van der Waals surface area contributed by atoms with Gasteiger partial charge in [0.15, 0.2) is 5.69 Å². The summed E-state index contributed by atoms with van der Waals surface area (Å²) in [5.41, 5.74) is 4.59. The maximum atomic E-state index is 14.2. The van der Waals surface area contributed by atoms with E-state index in [9.17, 15) is 22.4 Å². The second-order valence-electron chi connectivity index (χ2n) is 5.66. The van der Waals surface area contributed by atoms with Crippen molar-refractivity contribution in [3.63, 3.8) is 0 Å². The molecule has 2 N–H and O–H groups in total. The van der Waals surface area contributed by atoms with Gasteiger partial charge in [0.1, 0.15) is 5.82 Å². The van der Waals surface area contributed by atoms with Gasteiger partial charge in [-0.3, -0.25) is 4.79 Å². The molecule has 0 bridgehead atoms. The molecule has 0 saturated heterocycles. The molecule has 0 aliphatic carbocycles. The van der Waals surface area contributed by atoms with Crippen molar-refractivity contribution in [3.05, 3.63) is 71.3 Å². The first-order chi connectivity index (χ1) is 12.2. The Morgan fingerprint density at radius 3 is 2.42 bits per heavy atom. The molecule has 2 aromatic carbocycles. The maximum absolute atomic E-state index is 14.2. The number of nitrogens with two attached hydrogens (primary N) is 1. The van der Waals surface area contributed by atoms with E-state index in [2.05, 4.69) is 5.10 Å². The van der Waals surface area contributed by atoms with Crippen LogP contribution in [0, 0.1) is 12.7 Å². The molecule has 0 radical (unpaired) electrons. The number of benzene rings is 2. The first-order valence-corrected chi connectivity index (χ1v) is 7.51. The molecule has 0 saturated carbocycles. The van der Waals surface area contributed by atoms with Crippen LogP contribution in [0.1, 0.15) is 21.7 Å². The van der Waals surface area contributed by atoms with Gasteiger partial charge in [0, 0.05) is 11.3 Å². The Morgan fingerprint density at radius 2 is 1.81 bits per heavy atom. The van der Waals surface area contributed by atoms with Crippen LogP contribution in [0.25, 0.3) is 16.8 Å². The third kappa shape index (κ3) is 3.17. The molecule has 26 heavy (non-hydrogen) atoms. The summed E-state index contributed by atoms with van der Waals surface area (Å²) < 4.78 is 55.3. The molecular weight excluding hydrogens is 350 g/mol. The van der Waals surface area contributed by atoms with Gasteiger partial charge < -0.3 is 5.73 Å². The van der Waals surface area contributed by atoms with Crippen LogP contribution in [0.15, 0.2) is 48.5 Å². The fourth-order valence-electron chi connectivity index (χ4n) is 2.70. The van der Waals surface area contributed by atoms with E-state index in [0.717, 1.165) is 18.2 Å². The second kappa shape index (κ2) is 6.29. The average molecular weight is 363 g/mol. The summed E-state index contributed by atoms with van der Waals surface area (Å²) in [6.45, 7) is 1.66. The van der Waals surface area contributed by atoms with Gasteiger partial charge in [0.05, 0.1) is 11.3 Å². The van der Waals surface area contributed by atoms with Crippen LogP contribution >= 0.6 is 0 Å². The molecule has 134 valence electrons. The fraction of sp³-hybridized carbons (Fsp3) is 0.111. The highest BCUT2D eigenvalue weighted by molar-refractivity contribution is 5.90. The van der Waals surface area contributed by atoms with Crippen molar-refractivity contribution in [2.75, 3.05) is 0 Å². The van der Waals surface area contributed by atoms with Crippen molar-refractivity contribution >= 4 is 5.91 Å². The summed E-state index contributed by atoms with van der Waals surface area (Å²) >= 11 is 0. The van der Waals surface area contributed by atoms with Crippen molar-refractivity contribution in [3.8, 4) is 16.8 Å². The summed E-state index contributed by atoms with van der Waals surface area (Å²) in [6.07, 6.45) is -4.70. The van der Waals surface area contributed by atoms with Crippen molar-refractivity contribution in [1.29, 1.82) is 0 Å². The van der Waals surface area contributed by atoms with Crippen LogP contribution in [-0.2, 0) is 6.18 Å². The lowest BCUT2D eigenvalue weighted by Crippen LogP contribution is -2.12. The van der Waals surface area contributed by atoms with E-state index in [1.807, 2.05) is 0 Å². The molecule has 1 heterocycles. The second-order valence-corrected chi connectivity index (χ2v) is 5.66. The summed E-state index contributed by atoms with van der Waals surface area (Å²) in [5.74, 6) is -1.71. The van der Waals surface area contributed by atoms with Crippen LogP contribution in [-0.4, -0.2) is 15.7 Å². The van der Waals surface area contributed by atoms with E-state index >= 15 is 0 Å². The van der Waals surface area contributed by atoms with Crippen molar-refractivity contribution < 1.29 is 22.4 Å². The average Bonchev–Trinajstić information content (AvgIpc) is 2.96. The molecule has 0 aliphatic rings. The van der Waals surface area contributed by atoms with Gasteiger partial charge in [0.2, 0.25) is 0 Å². The van der Waals surface area contributed by atoms with Crippen LogP contribution < -0.4 is 5.73 Å². The molecule has 3 rings (SSSR count). The number of carbonyl (C=O) groups excluding carboxylic acids is 1.